The molecule has 6 rings (SSSR count). The number of hydrogen-bond donors (Lipinski definition) is 0. The van der Waals surface area contributed by atoms with Gasteiger partial charge in [0.05, 0.1) is 24.1 Å². The Hall–Kier alpha value is -3.27. The van der Waals surface area contributed by atoms with E-state index in [4.69, 9.17) is 4.74 Å². The second-order valence-electron chi connectivity index (χ2n) is 8.98. The molecule has 1 aliphatic carbocycles. The zero-order chi connectivity index (χ0) is 23.9. The lowest BCUT2D eigenvalue weighted by Gasteiger charge is -2.26. The molecule has 2 aliphatic rings. The van der Waals surface area contributed by atoms with Crippen molar-refractivity contribution >= 4 is 28.0 Å². The van der Waals surface area contributed by atoms with Crippen LogP contribution in [0.5, 0.6) is 0 Å². The van der Waals surface area contributed by atoms with E-state index in [1.165, 1.54) is 18.4 Å². The van der Waals surface area contributed by atoms with E-state index in [2.05, 4.69) is 39.3 Å². The third kappa shape index (κ3) is 4.31. The monoisotopic (exact) mass is 487 g/mol. The highest BCUT2D eigenvalue weighted by atomic mass is 32.2. The molecular weight excluding hydrogens is 462 g/mol. The molecule has 0 spiro atoms. The molecule has 9 heteroatoms. The first-order valence-corrected chi connectivity index (χ1v) is 13.3. The van der Waals surface area contributed by atoms with Crippen molar-refractivity contribution in [3.63, 3.8) is 0 Å². The zero-order valence-corrected chi connectivity index (χ0v) is 20.2. The molecule has 1 aliphatic heterocycles. The minimum atomic E-state index is -1.31. The van der Waals surface area contributed by atoms with Gasteiger partial charge in [-0.2, -0.15) is 4.68 Å². The fourth-order valence-electron chi connectivity index (χ4n) is 4.50. The number of ether oxygens (including phenoxy) is 1. The van der Waals surface area contributed by atoms with Crippen LogP contribution in [0.1, 0.15) is 34.7 Å². The van der Waals surface area contributed by atoms with E-state index < -0.39 is 11.2 Å². The van der Waals surface area contributed by atoms with Crippen molar-refractivity contribution in [3.8, 4) is 17.1 Å². The number of rotatable bonds is 5. The standard InChI is InChI=1S/C26H25N5O3S/c1-35(33)24-22-8-7-20(25(32)30-9-11-34-12-10-30)14-23(22)31(29-24)26-27-15-21(16-28-26)19-4-2-3-18(13-19)17-5-6-17/h2-4,7-8,13-17H,5-6,9-12H2,1H3. The molecule has 1 saturated carbocycles. The predicted molar refractivity (Wildman–Crippen MR) is 133 cm³/mol. The lowest BCUT2D eigenvalue weighted by atomic mass is 10.0. The van der Waals surface area contributed by atoms with Crippen LogP contribution in [0.25, 0.3) is 28.0 Å². The molecular formula is C26H25N5O3S. The van der Waals surface area contributed by atoms with Crippen molar-refractivity contribution < 1.29 is 14.1 Å². The maximum absolute atomic E-state index is 13.1. The number of aromatic nitrogens is 4. The normalized spacial score (nSPS) is 17.0. The Balaban J connectivity index is 1.37. The first-order valence-electron chi connectivity index (χ1n) is 11.7. The van der Waals surface area contributed by atoms with Crippen molar-refractivity contribution in [2.24, 2.45) is 0 Å². The first kappa shape index (κ1) is 22.2. The van der Waals surface area contributed by atoms with Gasteiger partial charge in [0.1, 0.15) is 6.26 Å². The minimum Gasteiger partial charge on any atom is -0.610 e. The van der Waals surface area contributed by atoms with Crippen LogP contribution in [0.3, 0.4) is 0 Å². The fraction of sp³-hybridized carbons (Fsp3) is 0.308. The number of nitrogens with zero attached hydrogens (tertiary/aromatic N) is 5. The smallest absolute Gasteiger partial charge is 0.271 e. The number of carbonyl (C=O) groups is 1. The number of hydrogen-bond acceptors (Lipinski definition) is 6. The summed E-state index contributed by atoms with van der Waals surface area (Å²) in [7, 11) is 0. The van der Waals surface area contributed by atoms with Gasteiger partial charge >= 0.3 is 0 Å². The maximum atomic E-state index is 13.1. The summed E-state index contributed by atoms with van der Waals surface area (Å²) in [6.07, 6.45) is 7.67. The van der Waals surface area contributed by atoms with Gasteiger partial charge in [0.15, 0.2) is 0 Å². The second kappa shape index (κ2) is 9.07. The van der Waals surface area contributed by atoms with Gasteiger partial charge in [-0.1, -0.05) is 24.3 Å². The first-order chi connectivity index (χ1) is 17.1. The SMILES string of the molecule is C[S+]([O-])c1nn(-c2ncc(-c3cccc(C4CC4)c3)cn2)c2cc(C(=O)N3CCOCC3)ccc12. The van der Waals surface area contributed by atoms with Crippen LogP contribution < -0.4 is 0 Å². The summed E-state index contributed by atoms with van der Waals surface area (Å²) in [4.78, 5) is 24.0. The van der Waals surface area contributed by atoms with Crippen LogP contribution in [-0.4, -0.2) is 67.7 Å². The highest BCUT2D eigenvalue weighted by Gasteiger charge is 2.25. The molecule has 2 aromatic carbocycles. The molecule has 35 heavy (non-hydrogen) atoms. The Morgan fingerprint density at radius 3 is 2.54 bits per heavy atom. The fourth-order valence-corrected chi connectivity index (χ4v) is 5.18. The quantitative estimate of drug-likeness (QED) is 0.399. The van der Waals surface area contributed by atoms with Gasteiger partial charge in [-0.3, -0.25) is 4.79 Å². The Labute approximate surface area is 206 Å². The van der Waals surface area contributed by atoms with Crippen molar-refractivity contribution in [2.75, 3.05) is 32.6 Å². The van der Waals surface area contributed by atoms with Crippen molar-refractivity contribution in [2.45, 2.75) is 23.8 Å². The maximum Gasteiger partial charge on any atom is 0.271 e. The van der Waals surface area contributed by atoms with Gasteiger partial charge in [0.25, 0.3) is 16.9 Å². The van der Waals surface area contributed by atoms with E-state index in [0.717, 1.165) is 11.1 Å². The summed E-state index contributed by atoms with van der Waals surface area (Å²) in [5.74, 6) is 0.979. The highest BCUT2D eigenvalue weighted by Crippen LogP contribution is 2.41. The van der Waals surface area contributed by atoms with Gasteiger partial charge in [-0.25, -0.2) is 9.97 Å². The molecule has 3 heterocycles. The average molecular weight is 488 g/mol. The summed E-state index contributed by atoms with van der Waals surface area (Å²) in [6, 6.07) is 13.9. The van der Waals surface area contributed by atoms with E-state index >= 15 is 0 Å². The zero-order valence-electron chi connectivity index (χ0n) is 19.4. The number of amides is 1. The third-order valence-corrected chi connectivity index (χ3v) is 7.41. The molecule has 1 amide bonds. The number of morpholine rings is 1. The molecule has 0 N–H and O–H groups in total. The summed E-state index contributed by atoms with van der Waals surface area (Å²) in [5.41, 5.74) is 4.56. The lowest BCUT2D eigenvalue weighted by Crippen LogP contribution is -2.40. The van der Waals surface area contributed by atoms with Crippen LogP contribution in [-0.2, 0) is 15.9 Å². The summed E-state index contributed by atoms with van der Waals surface area (Å²) >= 11 is -1.31. The molecule has 4 aromatic rings. The number of benzene rings is 2. The van der Waals surface area contributed by atoms with Gasteiger partial charge in [0, 0.05) is 47.8 Å². The Bertz CT molecular complexity index is 1390. The van der Waals surface area contributed by atoms with E-state index in [9.17, 15) is 9.35 Å². The van der Waals surface area contributed by atoms with Gasteiger partial charge < -0.3 is 14.2 Å². The van der Waals surface area contributed by atoms with E-state index in [0.29, 0.717) is 59.7 Å². The van der Waals surface area contributed by atoms with Crippen LogP contribution >= 0.6 is 0 Å². The molecule has 1 atom stereocenters. The molecule has 178 valence electrons. The summed E-state index contributed by atoms with van der Waals surface area (Å²) in [6.45, 7) is 2.20. The predicted octanol–water partition coefficient (Wildman–Crippen LogP) is 3.57. The third-order valence-electron chi connectivity index (χ3n) is 6.56. The second-order valence-corrected chi connectivity index (χ2v) is 10.3. The number of fused-ring (bicyclic) bond motifs is 1. The Morgan fingerprint density at radius 2 is 1.83 bits per heavy atom. The molecule has 0 radical (unpaired) electrons. The van der Waals surface area contributed by atoms with Crippen LogP contribution in [0.15, 0.2) is 59.9 Å². The molecule has 2 fully saturated rings. The van der Waals surface area contributed by atoms with Crippen molar-refractivity contribution in [1.29, 1.82) is 0 Å². The largest absolute Gasteiger partial charge is 0.610 e. The topological polar surface area (TPSA) is 96.2 Å². The van der Waals surface area contributed by atoms with Crippen LogP contribution in [0.2, 0.25) is 0 Å². The van der Waals surface area contributed by atoms with Crippen molar-refractivity contribution in [1.82, 2.24) is 24.6 Å². The average Bonchev–Trinajstić information content (AvgIpc) is 3.69. The molecule has 1 saturated heterocycles. The highest BCUT2D eigenvalue weighted by molar-refractivity contribution is 7.90. The van der Waals surface area contributed by atoms with E-state index in [1.54, 1.807) is 46.4 Å². The molecule has 8 nitrogen and oxygen atoms in total. The molecule has 0 bridgehead atoms. The van der Waals surface area contributed by atoms with Gasteiger partial charge in [0.2, 0.25) is 0 Å². The van der Waals surface area contributed by atoms with Gasteiger partial charge in [-0.05, 0) is 48.1 Å². The number of carbonyl (C=O) groups excluding carboxylic acids is 1. The van der Waals surface area contributed by atoms with Crippen molar-refractivity contribution in [3.05, 3.63) is 66.0 Å². The molecule has 1 unspecified atom stereocenters. The van der Waals surface area contributed by atoms with Gasteiger partial charge in [-0.15, -0.1) is 5.10 Å². The van der Waals surface area contributed by atoms with E-state index in [-0.39, 0.29) is 5.91 Å². The lowest BCUT2D eigenvalue weighted by molar-refractivity contribution is 0.0303. The summed E-state index contributed by atoms with van der Waals surface area (Å²) in [5, 5.41) is 5.72. The van der Waals surface area contributed by atoms with Crippen LogP contribution in [0.4, 0.5) is 0 Å². The minimum absolute atomic E-state index is 0.0612. The Morgan fingerprint density at radius 1 is 1.06 bits per heavy atom. The summed E-state index contributed by atoms with van der Waals surface area (Å²) < 4.78 is 19.3. The molecule has 2 aromatic heterocycles. The Kier molecular flexibility index (Phi) is 5.75. The van der Waals surface area contributed by atoms with Crippen LogP contribution in [0, 0.1) is 0 Å². The van der Waals surface area contributed by atoms with E-state index in [1.807, 2.05) is 0 Å².